The van der Waals surface area contributed by atoms with Gasteiger partial charge in [0.05, 0.1) is 23.6 Å². The highest BCUT2D eigenvalue weighted by atomic mass is 79.9. The zero-order valence-corrected chi connectivity index (χ0v) is 17.0. The molecule has 0 spiro atoms. The molecule has 4 aromatic rings. The van der Waals surface area contributed by atoms with Gasteiger partial charge < -0.3 is 14.5 Å². The van der Waals surface area contributed by atoms with Crippen LogP contribution in [0, 0.1) is 0 Å². The number of halogens is 1. The van der Waals surface area contributed by atoms with Gasteiger partial charge >= 0.3 is 0 Å². The van der Waals surface area contributed by atoms with E-state index < -0.39 is 0 Å². The van der Waals surface area contributed by atoms with Crippen LogP contribution in [0.15, 0.2) is 86.5 Å². The molecule has 5 nitrogen and oxygen atoms in total. The lowest BCUT2D eigenvalue weighted by Gasteiger charge is -2.10. The van der Waals surface area contributed by atoms with Crippen molar-refractivity contribution in [3.8, 4) is 17.1 Å². The first-order valence-corrected chi connectivity index (χ1v) is 9.63. The highest BCUT2D eigenvalue weighted by molar-refractivity contribution is 9.10. The van der Waals surface area contributed by atoms with Gasteiger partial charge in [0.15, 0.2) is 5.43 Å². The van der Waals surface area contributed by atoms with E-state index in [1.54, 1.807) is 49.6 Å². The molecule has 0 saturated carbocycles. The van der Waals surface area contributed by atoms with Crippen LogP contribution in [0.25, 0.3) is 22.3 Å². The standard InChI is InChI=1S/C23H16BrNO4/c1-28-20-9-5-3-7-17(20)22-13-19(26)16-11-10-14(12-21(16)29-22)25-23(27)15-6-2-4-8-18(15)24/h2-13H,1H3,(H,25,27). The van der Waals surface area contributed by atoms with Crippen molar-refractivity contribution in [1.82, 2.24) is 0 Å². The van der Waals surface area contributed by atoms with E-state index in [-0.39, 0.29) is 11.3 Å². The molecule has 0 fully saturated rings. The Balaban J connectivity index is 1.74. The number of carbonyl (C=O) groups is 1. The summed E-state index contributed by atoms with van der Waals surface area (Å²) < 4.78 is 12.0. The second kappa shape index (κ2) is 7.93. The van der Waals surface area contributed by atoms with Crippen LogP contribution in [0.2, 0.25) is 0 Å². The Kier molecular flexibility index (Phi) is 5.18. The number of hydrogen-bond acceptors (Lipinski definition) is 4. The lowest BCUT2D eigenvalue weighted by Crippen LogP contribution is -2.12. The second-order valence-electron chi connectivity index (χ2n) is 6.32. The maximum absolute atomic E-state index is 12.6. The Morgan fingerprint density at radius 3 is 2.55 bits per heavy atom. The topological polar surface area (TPSA) is 68.5 Å². The van der Waals surface area contributed by atoms with Crippen molar-refractivity contribution in [2.45, 2.75) is 0 Å². The summed E-state index contributed by atoms with van der Waals surface area (Å²) >= 11 is 3.38. The summed E-state index contributed by atoms with van der Waals surface area (Å²) in [6.07, 6.45) is 0. The Bertz CT molecular complexity index is 1280. The van der Waals surface area contributed by atoms with Crippen LogP contribution in [0.4, 0.5) is 5.69 Å². The van der Waals surface area contributed by atoms with E-state index in [0.29, 0.717) is 43.8 Å². The monoisotopic (exact) mass is 449 g/mol. The summed E-state index contributed by atoms with van der Waals surface area (Å²) in [5.74, 6) is 0.739. The molecule has 1 amide bonds. The number of nitrogens with one attached hydrogen (secondary N) is 1. The van der Waals surface area contributed by atoms with Crippen molar-refractivity contribution in [2.24, 2.45) is 0 Å². The van der Waals surface area contributed by atoms with Crippen LogP contribution in [-0.4, -0.2) is 13.0 Å². The van der Waals surface area contributed by atoms with Gasteiger partial charge in [-0.3, -0.25) is 9.59 Å². The second-order valence-corrected chi connectivity index (χ2v) is 7.17. The van der Waals surface area contributed by atoms with Crippen molar-refractivity contribution >= 4 is 38.5 Å². The number of hydrogen-bond donors (Lipinski definition) is 1. The average molecular weight is 450 g/mol. The minimum atomic E-state index is -0.264. The van der Waals surface area contributed by atoms with Crippen molar-refractivity contribution in [3.05, 3.63) is 93.1 Å². The number of rotatable bonds is 4. The third-order valence-electron chi connectivity index (χ3n) is 4.48. The summed E-state index contributed by atoms with van der Waals surface area (Å²) in [6, 6.07) is 20.9. The molecule has 3 aromatic carbocycles. The van der Waals surface area contributed by atoms with Crippen LogP contribution in [-0.2, 0) is 0 Å². The molecule has 0 aliphatic carbocycles. The zero-order valence-electron chi connectivity index (χ0n) is 15.4. The van der Waals surface area contributed by atoms with E-state index in [0.717, 1.165) is 0 Å². The maximum atomic E-state index is 12.6. The van der Waals surface area contributed by atoms with Gasteiger partial charge in [-0.15, -0.1) is 0 Å². The Morgan fingerprint density at radius 1 is 1.00 bits per heavy atom. The largest absolute Gasteiger partial charge is 0.496 e. The SMILES string of the molecule is COc1ccccc1-c1cc(=O)c2ccc(NC(=O)c3ccccc3Br)cc2o1. The Morgan fingerprint density at radius 2 is 1.76 bits per heavy atom. The fourth-order valence-corrected chi connectivity index (χ4v) is 3.52. The molecule has 0 saturated heterocycles. The maximum Gasteiger partial charge on any atom is 0.256 e. The quantitative estimate of drug-likeness (QED) is 0.447. The minimum Gasteiger partial charge on any atom is -0.496 e. The first-order valence-electron chi connectivity index (χ1n) is 8.84. The van der Waals surface area contributed by atoms with E-state index >= 15 is 0 Å². The van der Waals surface area contributed by atoms with E-state index in [9.17, 15) is 9.59 Å². The third-order valence-corrected chi connectivity index (χ3v) is 5.17. The van der Waals surface area contributed by atoms with Crippen LogP contribution >= 0.6 is 15.9 Å². The van der Waals surface area contributed by atoms with Crippen molar-refractivity contribution in [3.63, 3.8) is 0 Å². The number of amides is 1. The van der Waals surface area contributed by atoms with Gasteiger partial charge in [0.25, 0.3) is 5.91 Å². The van der Waals surface area contributed by atoms with E-state index in [2.05, 4.69) is 21.2 Å². The summed E-state index contributed by atoms with van der Waals surface area (Å²) in [5.41, 5.74) is 1.92. The van der Waals surface area contributed by atoms with Crippen molar-refractivity contribution < 1.29 is 13.9 Å². The zero-order chi connectivity index (χ0) is 20.4. The van der Waals surface area contributed by atoms with Crippen LogP contribution in [0.5, 0.6) is 5.75 Å². The molecule has 6 heteroatoms. The number of methoxy groups -OCH3 is 1. The van der Waals surface area contributed by atoms with E-state index in [4.69, 9.17) is 9.15 Å². The summed E-state index contributed by atoms with van der Waals surface area (Å²) in [4.78, 5) is 25.1. The molecule has 0 aliphatic heterocycles. The summed E-state index contributed by atoms with van der Waals surface area (Å²) in [7, 11) is 1.56. The molecule has 0 aliphatic rings. The fraction of sp³-hybridized carbons (Fsp3) is 0.0435. The molecule has 0 unspecified atom stereocenters. The van der Waals surface area contributed by atoms with Gasteiger partial charge in [-0.2, -0.15) is 0 Å². The number of fused-ring (bicyclic) bond motifs is 1. The lowest BCUT2D eigenvalue weighted by molar-refractivity contribution is 0.102. The van der Waals surface area contributed by atoms with Crippen LogP contribution in [0.3, 0.4) is 0 Å². The smallest absolute Gasteiger partial charge is 0.256 e. The van der Waals surface area contributed by atoms with Gasteiger partial charge in [-0.05, 0) is 52.3 Å². The molecule has 29 heavy (non-hydrogen) atoms. The predicted octanol–water partition coefficient (Wildman–Crippen LogP) is 5.48. The van der Waals surface area contributed by atoms with Crippen LogP contribution < -0.4 is 15.5 Å². The number of anilines is 1. The molecule has 0 radical (unpaired) electrons. The number of carbonyl (C=O) groups excluding carboxylic acids is 1. The molecule has 1 N–H and O–H groups in total. The average Bonchev–Trinajstić information content (AvgIpc) is 2.73. The normalized spacial score (nSPS) is 10.7. The number of ether oxygens (including phenoxy) is 1. The summed E-state index contributed by atoms with van der Waals surface area (Å²) in [6.45, 7) is 0. The minimum absolute atomic E-state index is 0.171. The molecular weight excluding hydrogens is 434 g/mol. The van der Waals surface area contributed by atoms with Gasteiger partial charge in [0.2, 0.25) is 0 Å². The van der Waals surface area contributed by atoms with E-state index in [1.807, 2.05) is 24.3 Å². The predicted molar refractivity (Wildman–Crippen MR) is 117 cm³/mol. The first kappa shape index (κ1) is 19.0. The molecule has 1 aromatic heterocycles. The Labute approximate surface area is 175 Å². The number of para-hydroxylation sites is 1. The van der Waals surface area contributed by atoms with E-state index in [1.165, 1.54) is 6.07 Å². The third kappa shape index (κ3) is 3.79. The lowest BCUT2D eigenvalue weighted by atomic mass is 10.1. The fourth-order valence-electron chi connectivity index (χ4n) is 3.06. The van der Waals surface area contributed by atoms with Gasteiger partial charge in [0, 0.05) is 22.3 Å². The highest BCUT2D eigenvalue weighted by Gasteiger charge is 2.13. The molecule has 1 heterocycles. The van der Waals surface area contributed by atoms with Crippen molar-refractivity contribution in [1.29, 1.82) is 0 Å². The highest BCUT2D eigenvalue weighted by Crippen LogP contribution is 2.31. The molecule has 0 atom stereocenters. The molecule has 4 rings (SSSR count). The summed E-state index contributed by atoms with van der Waals surface area (Å²) in [5, 5.41) is 3.27. The Hall–Kier alpha value is -3.38. The van der Waals surface area contributed by atoms with Crippen LogP contribution in [0.1, 0.15) is 10.4 Å². The van der Waals surface area contributed by atoms with Crippen molar-refractivity contribution in [2.75, 3.05) is 12.4 Å². The van der Waals surface area contributed by atoms with Gasteiger partial charge in [-0.25, -0.2) is 0 Å². The number of benzene rings is 3. The first-order chi connectivity index (χ1) is 14.1. The molecular formula is C23H16BrNO4. The van der Waals surface area contributed by atoms with Gasteiger partial charge in [0.1, 0.15) is 17.1 Å². The molecule has 0 bridgehead atoms. The van der Waals surface area contributed by atoms with Gasteiger partial charge in [-0.1, -0.05) is 24.3 Å². The molecule has 144 valence electrons.